The Hall–Kier alpha value is -1.97. The first-order valence-corrected chi connectivity index (χ1v) is 7.48. The largest absolute Gasteiger partial charge is 0.274 e. The molecule has 1 aromatic heterocycles. The van der Waals surface area contributed by atoms with Gasteiger partial charge in [0.15, 0.2) is 10.3 Å². The highest BCUT2D eigenvalue weighted by Crippen LogP contribution is 2.28. The van der Waals surface area contributed by atoms with Gasteiger partial charge >= 0.3 is 0 Å². The van der Waals surface area contributed by atoms with E-state index in [-0.39, 0.29) is 26.6 Å². The topological polar surface area (TPSA) is 115 Å². The van der Waals surface area contributed by atoms with Gasteiger partial charge in [0.05, 0.1) is 9.82 Å². The Balaban J connectivity index is 2.36. The highest BCUT2D eigenvalue weighted by Gasteiger charge is 2.20. The molecule has 2 rings (SSSR count). The van der Waals surface area contributed by atoms with E-state index in [9.17, 15) is 18.5 Å². The lowest BCUT2D eigenvalue weighted by atomic mass is 10.3. The number of hydrogen-bond donors (Lipinski definition) is 1. The summed E-state index contributed by atoms with van der Waals surface area (Å²) in [6.07, 6.45) is 1.08. The molecule has 0 atom stereocenters. The first-order valence-electron chi connectivity index (χ1n) is 5.24. The van der Waals surface area contributed by atoms with Gasteiger partial charge in [-0.1, -0.05) is 23.2 Å². The Morgan fingerprint density at radius 2 is 1.62 bits per heavy atom. The molecular formula is C10H6Cl2N4O4S. The molecule has 0 aliphatic rings. The van der Waals surface area contributed by atoms with Gasteiger partial charge in [-0.3, -0.25) is 14.8 Å². The minimum Gasteiger partial charge on any atom is -0.274 e. The van der Waals surface area contributed by atoms with Crippen molar-refractivity contribution in [3.05, 3.63) is 51.0 Å². The predicted molar refractivity (Wildman–Crippen MR) is 76.0 cm³/mol. The Kier molecular flexibility index (Phi) is 4.26. The Labute approximate surface area is 128 Å². The highest BCUT2D eigenvalue weighted by molar-refractivity contribution is 7.92. The zero-order chi connectivity index (χ0) is 15.6. The number of non-ortho nitro benzene ring substituents is 1. The maximum Gasteiger partial charge on any atom is 0.269 e. The summed E-state index contributed by atoms with van der Waals surface area (Å²) in [5, 5.41) is 10.2. The summed E-state index contributed by atoms with van der Waals surface area (Å²) >= 11 is 11.5. The molecule has 1 heterocycles. The SMILES string of the molecule is O=[N+]([O-])c1ccc(S(=O)(=O)Nc2c(Cl)ncnc2Cl)cc1. The Bertz CT molecular complexity index is 775. The lowest BCUT2D eigenvalue weighted by Gasteiger charge is -2.09. The molecule has 0 aliphatic heterocycles. The van der Waals surface area contributed by atoms with E-state index in [1.54, 1.807) is 0 Å². The van der Waals surface area contributed by atoms with Crippen LogP contribution in [0.15, 0.2) is 35.5 Å². The molecule has 21 heavy (non-hydrogen) atoms. The molecule has 0 radical (unpaired) electrons. The first kappa shape index (κ1) is 15.4. The summed E-state index contributed by atoms with van der Waals surface area (Å²) in [5.41, 5.74) is -0.396. The normalized spacial score (nSPS) is 11.1. The molecule has 0 aliphatic carbocycles. The second kappa shape index (κ2) is 5.80. The third kappa shape index (κ3) is 3.38. The van der Waals surface area contributed by atoms with E-state index in [0.29, 0.717) is 0 Å². The molecule has 110 valence electrons. The van der Waals surface area contributed by atoms with Gasteiger partial charge in [0.2, 0.25) is 0 Å². The lowest BCUT2D eigenvalue weighted by Crippen LogP contribution is -2.14. The zero-order valence-electron chi connectivity index (χ0n) is 10.0. The van der Waals surface area contributed by atoms with E-state index in [4.69, 9.17) is 23.2 Å². The van der Waals surface area contributed by atoms with Crippen molar-refractivity contribution in [1.82, 2.24) is 9.97 Å². The van der Waals surface area contributed by atoms with Crippen LogP contribution in [0.3, 0.4) is 0 Å². The van der Waals surface area contributed by atoms with Crippen LogP contribution in [0.25, 0.3) is 0 Å². The lowest BCUT2D eigenvalue weighted by molar-refractivity contribution is -0.384. The molecule has 2 aromatic rings. The van der Waals surface area contributed by atoms with Gasteiger partial charge in [-0.2, -0.15) is 0 Å². The molecular weight excluding hydrogens is 343 g/mol. The van der Waals surface area contributed by atoms with Crippen LogP contribution < -0.4 is 4.72 Å². The quantitative estimate of drug-likeness (QED) is 0.515. The Morgan fingerprint density at radius 1 is 1.10 bits per heavy atom. The fourth-order valence-electron chi connectivity index (χ4n) is 1.37. The highest BCUT2D eigenvalue weighted by atomic mass is 35.5. The molecule has 0 unspecified atom stereocenters. The molecule has 11 heteroatoms. The van der Waals surface area contributed by atoms with Gasteiger partial charge in [0.25, 0.3) is 15.7 Å². The minimum absolute atomic E-state index is 0.166. The molecule has 8 nitrogen and oxygen atoms in total. The second-order valence-corrected chi connectivity index (χ2v) is 6.09. The summed E-state index contributed by atoms with van der Waals surface area (Å²) in [7, 11) is -4.02. The van der Waals surface area contributed by atoms with Crippen LogP contribution in [0.1, 0.15) is 0 Å². The van der Waals surface area contributed by atoms with Crippen LogP contribution >= 0.6 is 23.2 Å². The van der Waals surface area contributed by atoms with Gasteiger partial charge < -0.3 is 0 Å². The third-order valence-electron chi connectivity index (χ3n) is 2.35. The third-order valence-corrected chi connectivity index (χ3v) is 4.29. The number of aromatic nitrogens is 2. The number of sulfonamides is 1. The van der Waals surface area contributed by atoms with Gasteiger partial charge in [-0.05, 0) is 12.1 Å². The average molecular weight is 349 g/mol. The monoisotopic (exact) mass is 348 g/mol. The molecule has 0 saturated carbocycles. The van der Waals surface area contributed by atoms with Gasteiger partial charge in [0.1, 0.15) is 12.0 Å². The fraction of sp³-hybridized carbons (Fsp3) is 0. The van der Waals surface area contributed by atoms with Crippen molar-refractivity contribution in [3.63, 3.8) is 0 Å². The maximum atomic E-state index is 12.1. The van der Waals surface area contributed by atoms with E-state index in [0.717, 1.165) is 30.6 Å². The summed E-state index contributed by atoms with van der Waals surface area (Å²) in [4.78, 5) is 16.9. The van der Waals surface area contributed by atoms with E-state index < -0.39 is 14.9 Å². The van der Waals surface area contributed by atoms with Crippen LogP contribution in [0.5, 0.6) is 0 Å². The molecule has 0 amide bonds. The Morgan fingerprint density at radius 3 is 2.10 bits per heavy atom. The maximum absolute atomic E-state index is 12.1. The molecule has 0 fully saturated rings. The first-order chi connectivity index (χ1) is 9.81. The molecule has 0 bridgehead atoms. The average Bonchev–Trinajstić information content (AvgIpc) is 2.43. The molecule has 1 aromatic carbocycles. The molecule has 0 saturated heterocycles. The molecule has 1 N–H and O–H groups in total. The van der Waals surface area contributed by atoms with Gasteiger partial charge in [-0.15, -0.1) is 0 Å². The number of nitrogens with one attached hydrogen (secondary N) is 1. The van der Waals surface area contributed by atoms with Gasteiger partial charge in [0, 0.05) is 12.1 Å². The summed E-state index contributed by atoms with van der Waals surface area (Å²) in [5.74, 6) is 0. The van der Waals surface area contributed by atoms with Crippen molar-refractivity contribution in [3.8, 4) is 0 Å². The van der Waals surface area contributed by atoms with E-state index in [1.165, 1.54) is 0 Å². The standard InChI is InChI=1S/C10H6Cl2N4O4S/c11-9-8(10(12)14-5-13-9)15-21(19,20)7-3-1-6(2-4-7)16(17)18/h1-5,15H. The van der Waals surface area contributed by atoms with Crippen LogP contribution in [0, 0.1) is 10.1 Å². The summed E-state index contributed by atoms with van der Waals surface area (Å²) < 4.78 is 26.4. The zero-order valence-corrected chi connectivity index (χ0v) is 12.4. The molecule has 0 spiro atoms. The summed E-state index contributed by atoms with van der Waals surface area (Å²) in [6.45, 7) is 0. The van der Waals surface area contributed by atoms with Crippen molar-refractivity contribution in [2.75, 3.05) is 4.72 Å². The van der Waals surface area contributed by atoms with Crippen LogP contribution in [0.4, 0.5) is 11.4 Å². The van der Waals surface area contributed by atoms with Crippen molar-refractivity contribution in [2.45, 2.75) is 4.90 Å². The fourth-order valence-corrected chi connectivity index (χ4v) is 2.96. The van der Waals surface area contributed by atoms with E-state index in [1.807, 2.05) is 0 Å². The number of anilines is 1. The van der Waals surface area contributed by atoms with Crippen molar-refractivity contribution >= 4 is 44.6 Å². The van der Waals surface area contributed by atoms with Crippen LogP contribution in [-0.4, -0.2) is 23.3 Å². The van der Waals surface area contributed by atoms with Gasteiger partial charge in [-0.25, -0.2) is 18.4 Å². The predicted octanol–water partition coefficient (Wildman–Crippen LogP) is 2.49. The second-order valence-electron chi connectivity index (χ2n) is 3.69. The summed E-state index contributed by atoms with van der Waals surface area (Å²) in [6, 6.07) is 4.32. The number of nitro groups is 1. The number of benzene rings is 1. The van der Waals surface area contributed by atoms with Crippen LogP contribution in [-0.2, 0) is 10.0 Å². The number of halogens is 2. The number of hydrogen-bond acceptors (Lipinski definition) is 6. The number of rotatable bonds is 4. The van der Waals surface area contributed by atoms with Crippen LogP contribution in [0.2, 0.25) is 10.3 Å². The number of nitro benzene ring substituents is 1. The minimum atomic E-state index is -4.02. The van der Waals surface area contributed by atoms with Crippen molar-refractivity contribution in [2.24, 2.45) is 0 Å². The smallest absolute Gasteiger partial charge is 0.269 e. The number of nitrogens with zero attached hydrogens (tertiary/aromatic N) is 3. The van der Waals surface area contributed by atoms with Crippen molar-refractivity contribution < 1.29 is 13.3 Å². The van der Waals surface area contributed by atoms with E-state index >= 15 is 0 Å². The van der Waals surface area contributed by atoms with E-state index in [2.05, 4.69) is 14.7 Å². The van der Waals surface area contributed by atoms with Crippen molar-refractivity contribution in [1.29, 1.82) is 0 Å².